The van der Waals surface area contributed by atoms with Gasteiger partial charge in [-0.25, -0.2) is 19.3 Å². The predicted molar refractivity (Wildman–Crippen MR) is 146 cm³/mol. The number of halogens is 1. The summed E-state index contributed by atoms with van der Waals surface area (Å²) in [5.74, 6) is -1.32. The Hall–Kier alpha value is -4.58. The van der Waals surface area contributed by atoms with E-state index in [1.807, 2.05) is 20.1 Å². The Balaban J connectivity index is 1.68. The van der Waals surface area contributed by atoms with E-state index in [1.54, 1.807) is 18.3 Å². The second-order valence-corrected chi connectivity index (χ2v) is 9.27. The molecule has 10 nitrogen and oxygen atoms in total. The smallest absolute Gasteiger partial charge is 0.276 e. The Morgan fingerprint density at radius 2 is 1.74 bits per heavy atom. The molecule has 4 aromatic rings. The van der Waals surface area contributed by atoms with Crippen molar-refractivity contribution in [1.82, 2.24) is 25.3 Å². The molecule has 0 spiro atoms. The van der Waals surface area contributed by atoms with Gasteiger partial charge in [-0.2, -0.15) is 0 Å². The number of aromatic nitrogens is 4. The summed E-state index contributed by atoms with van der Waals surface area (Å²) in [6.07, 6.45) is 4.84. The molecular formula is C26H25FN8O2S. The van der Waals surface area contributed by atoms with Crippen molar-refractivity contribution in [3.63, 3.8) is 0 Å². The zero-order valence-corrected chi connectivity index (χ0v) is 21.6. The largest absolute Gasteiger partial charge is 0.397 e. The van der Waals surface area contributed by atoms with Crippen LogP contribution >= 0.6 is 11.8 Å². The van der Waals surface area contributed by atoms with Crippen molar-refractivity contribution >= 4 is 40.8 Å². The van der Waals surface area contributed by atoms with Gasteiger partial charge in [-0.15, -0.1) is 0 Å². The van der Waals surface area contributed by atoms with E-state index in [9.17, 15) is 14.0 Å². The van der Waals surface area contributed by atoms with Gasteiger partial charge in [0.1, 0.15) is 11.6 Å². The molecule has 0 unspecified atom stereocenters. The lowest BCUT2D eigenvalue weighted by Crippen LogP contribution is -2.30. The lowest BCUT2D eigenvalue weighted by atomic mass is 10.0. The molecule has 0 radical (unpaired) electrons. The Kier molecular flexibility index (Phi) is 7.82. The zero-order chi connectivity index (χ0) is 27.4. The summed E-state index contributed by atoms with van der Waals surface area (Å²) in [4.78, 5) is 42.7. The number of rotatable bonds is 7. The van der Waals surface area contributed by atoms with Gasteiger partial charge in [0.15, 0.2) is 10.9 Å². The van der Waals surface area contributed by atoms with E-state index >= 15 is 0 Å². The summed E-state index contributed by atoms with van der Waals surface area (Å²) in [5, 5.41) is 5.99. The SMILES string of the molecule is CSc1nc(N)cc(-c2ccncc2NC(=O)c2nc(-c3cc(C(=O)NC(C)C)ccc3F)ccc2N)n1. The molecule has 0 fully saturated rings. The van der Waals surface area contributed by atoms with E-state index in [2.05, 4.69) is 30.6 Å². The average molecular weight is 533 g/mol. The first kappa shape index (κ1) is 26.5. The molecule has 12 heteroatoms. The van der Waals surface area contributed by atoms with E-state index in [4.69, 9.17) is 11.5 Å². The van der Waals surface area contributed by atoms with Crippen LogP contribution in [0.15, 0.2) is 60.0 Å². The van der Waals surface area contributed by atoms with Crippen molar-refractivity contribution in [2.24, 2.45) is 0 Å². The number of carbonyl (C=O) groups excluding carboxylic acids is 2. The summed E-state index contributed by atoms with van der Waals surface area (Å²) < 4.78 is 14.8. The highest BCUT2D eigenvalue weighted by Gasteiger charge is 2.19. The van der Waals surface area contributed by atoms with Crippen LogP contribution < -0.4 is 22.1 Å². The average Bonchev–Trinajstić information content (AvgIpc) is 2.88. The fourth-order valence-electron chi connectivity index (χ4n) is 3.58. The van der Waals surface area contributed by atoms with Crippen LogP contribution in [-0.4, -0.2) is 44.0 Å². The third kappa shape index (κ3) is 5.86. The zero-order valence-electron chi connectivity index (χ0n) is 20.8. The van der Waals surface area contributed by atoms with Crippen molar-refractivity contribution in [3.8, 4) is 22.5 Å². The molecule has 0 bridgehead atoms. The molecule has 1 aromatic carbocycles. The number of nitrogens with zero attached hydrogens (tertiary/aromatic N) is 4. The lowest BCUT2D eigenvalue weighted by molar-refractivity contribution is 0.0942. The van der Waals surface area contributed by atoms with Crippen LogP contribution in [0.25, 0.3) is 22.5 Å². The van der Waals surface area contributed by atoms with Gasteiger partial charge in [0, 0.05) is 35.0 Å². The normalized spacial score (nSPS) is 10.9. The quantitative estimate of drug-likeness (QED) is 0.203. The number of carbonyl (C=O) groups is 2. The van der Waals surface area contributed by atoms with Gasteiger partial charge in [-0.1, -0.05) is 11.8 Å². The number of nitrogens with one attached hydrogen (secondary N) is 2. The number of benzene rings is 1. The molecule has 6 N–H and O–H groups in total. The van der Waals surface area contributed by atoms with Crippen molar-refractivity contribution in [3.05, 3.63) is 71.9 Å². The van der Waals surface area contributed by atoms with Gasteiger partial charge in [0.2, 0.25) is 0 Å². The fraction of sp³-hybridized carbons (Fsp3) is 0.154. The maximum Gasteiger partial charge on any atom is 0.276 e. The number of hydrogen-bond acceptors (Lipinski definition) is 9. The summed E-state index contributed by atoms with van der Waals surface area (Å²) >= 11 is 1.33. The molecule has 0 saturated heterocycles. The monoisotopic (exact) mass is 532 g/mol. The number of nitrogens with two attached hydrogens (primary N) is 2. The first-order valence-corrected chi connectivity index (χ1v) is 12.7. The van der Waals surface area contributed by atoms with Crippen LogP contribution in [0.4, 0.5) is 21.6 Å². The Morgan fingerprint density at radius 3 is 2.47 bits per heavy atom. The fourth-order valence-corrected chi connectivity index (χ4v) is 3.97. The van der Waals surface area contributed by atoms with E-state index in [0.29, 0.717) is 22.1 Å². The Labute approximate surface area is 222 Å². The maximum absolute atomic E-state index is 14.8. The summed E-state index contributed by atoms with van der Waals surface area (Å²) in [6.45, 7) is 3.65. The number of hydrogen-bond donors (Lipinski definition) is 4. The van der Waals surface area contributed by atoms with Gasteiger partial charge >= 0.3 is 0 Å². The van der Waals surface area contributed by atoms with Crippen LogP contribution in [0.5, 0.6) is 0 Å². The van der Waals surface area contributed by atoms with E-state index in [1.165, 1.54) is 48.3 Å². The minimum Gasteiger partial charge on any atom is -0.397 e. The van der Waals surface area contributed by atoms with Crippen LogP contribution in [0, 0.1) is 5.82 Å². The van der Waals surface area contributed by atoms with Crippen LogP contribution in [-0.2, 0) is 0 Å². The first-order valence-electron chi connectivity index (χ1n) is 11.5. The number of nitrogen functional groups attached to an aromatic ring is 2. The van der Waals surface area contributed by atoms with Crippen molar-refractivity contribution in [2.75, 3.05) is 23.0 Å². The number of pyridine rings is 2. The van der Waals surface area contributed by atoms with Gasteiger partial charge < -0.3 is 22.1 Å². The molecular weight excluding hydrogens is 507 g/mol. The topological polar surface area (TPSA) is 162 Å². The second kappa shape index (κ2) is 11.2. The van der Waals surface area contributed by atoms with Gasteiger partial charge in [-0.3, -0.25) is 14.6 Å². The molecule has 0 aliphatic carbocycles. The standard InChI is InChI=1S/C26H25FN8O2S/c1-13(2)31-24(36)14-4-5-17(27)16(10-14)19-7-6-18(28)23(32-19)25(37)33-21-12-30-9-8-15(21)20-11-22(29)35-26(34-20)38-3/h4-13H,28H2,1-3H3,(H,31,36)(H,33,37)(H2,29,34,35). The van der Waals surface area contributed by atoms with Gasteiger partial charge in [-0.05, 0) is 56.5 Å². The molecule has 0 aliphatic heterocycles. The van der Waals surface area contributed by atoms with Crippen molar-refractivity contribution < 1.29 is 14.0 Å². The van der Waals surface area contributed by atoms with Gasteiger partial charge in [0.25, 0.3) is 11.8 Å². The Morgan fingerprint density at radius 1 is 0.947 bits per heavy atom. The van der Waals surface area contributed by atoms with Crippen molar-refractivity contribution in [2.45, 2.75) is 25.0 Å². The molecule has 0 aliphatic rings. The molecule has 0 saturated carbocycles. The minimum absolute atomic E-state index is 0.0542. The number of amides is 2. The van der Waals surface area contributed by atoms with Crippen molar-refractivity contribution in [1.29, 1.82) is 0 Å². The second-order valence-electron chi connectivity index (χ2n) is 8.50. The molecule has 0 atom stereocenters. The number of thioether (sulfide) groups is 1. The molecule has 194 valence electrons. The van der Waals surface area contributed by atoms with Crippen LogP contribution in [0.2, 0.25) is 0 Å². The predicted octanol–water partition coefficient (Wildman–Crippen LogP) is 4.02. The van der Waals surface area contributed by atoms with Crippen LogP contribution in [0.1, 0.15) is 34.7 Å². The molecule has 2 amide bonds. The first-order chi connectivity index (χ1) is 18.2. The molecule has 38 heavy (non-hydrogen) atoms. The highest BCUT2D eigenvalue weighted by molar-refractivity contribution is 7.98. The summed E-state index contributed by atoms with van der Waals surface area (Å²) in [6, 6.07) is 10.1. The van der Waals surface area contributed by atoms with E-state index in [0.717, 1.165) is 0 Å². The molecule has 3 aromatic heterocycles. The van der Waals surface area contributed by atoms with Gasteiger partial charge in [0.05, 0.1) is 29.0 Å². The third-order valence-electron chi connectivity index (χ3n) is 5.32. The Bertz CT molecular complexity index is 1530. The molecule has 3 heterocycles. The van der Waals surface area contributed by atoms with E-state index < -0.39 is 11.7 Å². The third-order valence-corrected chi connectivity index (χ3v) is 5.87. The van der Waals surface area contributed by atoms with E-state index in [-0.39, 0.29) is 46.0 Å². The summed E-state index contributed by atoms with van der Waals surface area (Å²) in [5.41, 5.74) is 13.8. The lowest BCUT2D eigenvalue weighted by Gasteiger charge is -2.13. The maximum atomic E-state index is 14.8. The van der Waals surface area contributed by atoms with Crippen LogP contribution in [0.3, 0.4) is 0 Å². The number of anilines is 3. The summed E-state index contributed by atoms with van der Waals surface area (Å²) in [7, 11) is 0. The minimum atomic E-state index is -0.639. The highest BCUT2D eigenvalue weighted by Crippen LogP contribution is 2.29. The highest BCUT2D eigenvalue weighted by atomic mass is 32.2. The molecule has 4 rings (SSSR count).